The summed E-state index contributed by atoms with van der Waals surface area (Å²) in [7, 11) is 0. The molecule has 0 heterocycles. The van der Waals surface area contributed by atoms with Gasteiger partial charge in [-0.25, -0.2) is 0 Å². The molecule has 0 aliphatic rings. The fourth-order valence-corrected chi connectivity index (χ4v) is 2.30. The van der Waals surface area contributed by atoms with Crippen molar-refractivity contribution < 1.29 is 14.3 Å². The van der Waals surface area contributed by atoms with Crippen molar-refractivity contribution in [2.45, 2.75) is 19.4 Å². The zero-order valence-corrected chi connectivity index (χ0v) is 14.9. The van der Waals surface area contributed by atoms with Crippen molar-refractivity contribution in [1.29, 1.82) is 0 Å². The molecule has 0 atom stereocenters. The maximum Gasteiger partial charge on any atom is 0.306 e. The number of ether oxygens (including phenoxy) is 2. The molecule has 3 heteroatoms. The Morgan fingerprint density at radius 3 is 2.35 bits per heavy atom. The summed E-state index contributed by atoms with van der Waals surface area (Å²) >= 11 is 0. The molecular formula is C23H24O3. The van der Waals surface area contributed by atoms with Crippen molar-refractivity contribution in [3.63, 3.8) is 0 Å². The minimum Gasteiger partial charge on any atom is -0.489 e. The first-order chi connectivity index (χ1) is 12.7. The van der Waals surface area contributed by atoms with Crippen LogP contribution in [0.5, 0.6) is 5.75 Å². The van der Waals surface area contributed by atoms with Crippen LogP contribution in [0, 0.1) is 0 Å². The molecule has 2 rings (SSSR count). The fraction of sp³-hybridized carbons (Fsp3) is 0.174. The zero-order chi connectivity index (χ0) is 18.6. The summed E-state index contributed by atoms with van der Waals surface area (Å²) < 4.78 is 11.0. The number of carbonyl (C=O) groups is 1. The molecule has 3 nitrogen and oxygen atoms in total. The molecule has 0 aliphatic carbocycles. The second-order valence-corrected chi connectivity index (χ2v) is 5.76. The van der Waals surface area contributed by atoms with Crippen LogP contribution in [-0.4, -0.2) is 12.6 Å². The molecule has 0 aliphatic heterocycles. The third-order valence-corrected chi connectivity index (χ3v) is 3.78. The molecule has 2 aromatic carbocycles. The van der Waals surface area contributed by atoms with Crippen molar-refractivity contribution >= 4 is 5.97 Å². The van der Waals surface area contributed by atoms with Crippen LogP contribution >= 0.6 is 0 Å². The standard InChI is InChI=1S/C23H24O3/c1-3-8-19(4-2)17-25-22-14-11-20(12-15-22)13-16-23(24)26-18-21-9-6-5-7-10-21/h3-12,14-15H,1-2,13,16-18H2/b19-8+. The maximum atomic E-state index is 11.9. The van der Waals surface area contributed by atoms with Gasteiger partial charge in [0.25, 0.3) is 0 Å². The Kier molecular flexibility index (Phi) is 7.94. The first-order valence-electron chi connectivity index (χ1n) is 8.56. The lowest BCUT2D eigenvalue weighted by atomic mass is 10.1. The Bertz CT molecular complexity index is 743. The van der Waals surface area contributed by atoms with Gasteiger partial charge in [-0.15, -0.1) is 0 Å². The van der Waals surface area contributed by atoms with E-state index in [1.165, 1.54) is 0 Å². The molecule has 0 saturated heterocycles. The SMILES string of the molecule is C=C/C=C(\C=C)COc1ccc(CCC(=O)OCc2ccccc2)cc1. The summed E-state index contributed by atoms with van der Waals surface area (Å²) in [4.78, 5) is 11.9. The quantitative estimate of drug-likeness (QED) is 0.446. The Hall–Kier alpha value is -3.07. The van der Waals surface area contributed by atoms with Gasteiger partial charge in [0.2, 0.25) is 0 Å². The predicted molar refractivity (Wildman–Crippen MR) is 105 cm³/mol. The first kappa shape index (κ1) is 19.3. The molecule has 0 radical (unpaired) electrons. The molecule has 0 spiro atoms. The van der Waals surface area contributed by atoms with Crippen molar-refractivity contribution in [3.8, 4) is 5.75 Å². The zero-order valence-electron chi connectivity index (χ0n) is 14.9. The van der Waals surface area contributed by atoms with E-state index in [0.717, 1.165) is 22.4 Å². The van der Waals surface area contributed by atoms with Gasteiger partial charge in [0.1, 0.15) is 19.0 Å². The van der Waals surface area contributed by atoms with E-state index in [9.17, 15) is 4.79 Å². The summed E-state index contributed by atoms with van der Waals surface area (Å²) in [6, 6.07) is 17.4. The molecule has 0 N–H and O–H groups in total. The molecule has 0 bridgehead atoms. The van der Waals surface area contributed by atoms with Gasteiger partial charge in [0.05, 0.1) is 0 Å². The smallest absolute Gasteiger partial charge is 0.306 e. The van der Waals surface area contributed by atoms with E-state index in [2.05, 4.69) is 13.2 Å². The Labute approximate surface area is 155 Å². The number of benzene rings is 2. The van der Waals surface area contributed by atoms with Crippen LogP contribution < -0.4 is 4.74 Å². The van der Waals surface area contributed by atoms with E-state index >= 15 is 0 Å². The van der Waals surface area contributed by atoms with E-state index < -0.39 is 0 Å². The van der Waals surface area contributed by atoms with Gasteiger partial charge in [-0.2, -0.15) is 0 Å². The van der Waals surface area contributed by atoms with Gasteiger partial charge in [0, 0.05) is 6.42 Å². The molecule has 0 saturated carbocycles. The van der Waals surface area contributed by atoms with Crippen LogP contribution in [0.4, 0.5) is 0 Å². The Balaban J connectivity index is 1.74. The van der Waals surface area contributed by atoms with E-state index in [1.807, 2.05) is 60.7 Å². The van der Waals surface area contributed by atoms with Crippen molar-refractivity contribution in [1.82, 2.24) is 0 Å². The van der Waals surface area contributed by atoms with Gasteiger partial charge in [-0.05, 0) is 35.3 Å². The average molecular weight is 348 g/mol. The summed E-state index contributed by atoms with van der Waals surface area (Å²) in [5, 5.41) is 0. The number of allylic oxidation sites excluding steroid dienone is 2. The van der Waals surface area contributed by atoms with Crippen LogP contribution in [0.25, 0.3) is 0 Å². The van der Waals surface area contributed by atoms with Crippen molar-refractivity contribution in [2.24, 2.45) is 0 Å². The lowest BCUT2D eigenvalue weighted by Gasteiger charge is -2.08. The van der Waals surface area contributed by atoms with Gasteiger partial charge >= 0.3 is 5.97 Å². The summed E-state index contributed by atoms with van der Waals surface area (Å²) in [6.45, 7) is 8.16. The largest absolute Gasteiger partial charge is 0.489 e. The van der Waals surface area contributed by atoms with Gasteiger partial charge in [-0.3, -0.25) is 4.79 Å². The lowest BCUT2D eigenvalue weighted by molar-refractivity contribution is -0.144. The second-order valence-electron chi connectivity index (χ2n) is 5.76. The van der Waals surface area contributed by atoms with Crippen LogP contribution in [0.15, 0.2) is 91.6 Å². The van der Waals surface area contributed by atoms with Crippen molar-refractivity contribution in [3.05, 3.63) is 103 Å². The molecular weight excluding hydrogens is 324 g/mol. The maximum absolute atomic E-state index is 11.9. The number of hydrogen-bond donors (Lipinski definition) is 0. The number of rotatable bonds is 10. The van der Waals surface area contributed by atoms with Crippen LogP contribution in [-0.2, 0) is 22.6 Å². The summed E-state index contributed by atoms with van der Waals surface area (Å²) in [6.07, 6.45) is 6.32. The molecule has 0 unspecified atom stereocenters. The van der Waals surface area contributed by atoms with E-state index in [-0.39, 0.29) is 5.97 Å². The Morgan fingerprint density at radius 1 is 0.962 bits per heavy atom. The third-order valence-electron chi connectivity index (χ3n) is 3.78. The van der Waals surface area contributed by atoms with E-state index in [1.54, 1.807) is 12.2 Å². The topological polar surface area (TPSA) is 35.5 Å². The molecule has 0 fully saturated rings. The predicted octanol–water partition coefficient (Wildman–Crippen LogP) is 5.04. The molecule has 2 aromatic rings. The summed E-state index contributed by atoms with van der Waals surface area (Å²) in [5.41, 5.74) is 3.02. The summed E-state index contributed by atoms with van der Waals surface area (Å²) in [5.74, 6) is 0.580. The highest BCUT2D eigenvalue weighted by Gasteiger charge is 2.05. The minimum atomic E-state index is -0.195. The fourth-order valence-electron chi connectivity index (χ4n) is 2.30. The van der Waals surface area contributed by atoms with E-state index in [0.29, 0.717) is 26.1 Å². The number of hydrogen-bond acceptors (Lipinski definition) is 3. The highest BCUT2D eigenvalue weighted by atomic mass is 16.5. The van der Waals surface area contributed by atoms with E-state index in [4.69, 9.17) is 9.47 Å². The van der Waals surface area contributed by atoms with Gasteiger partial charge in [0.15, 0.2) is 0 Å². The highest BCUT2D eigenvalue weighted by Crippen LogP contribution is 2.15. The monoisotopic (exact) mass is 348 g/mol. The molecule has 26 heavy (non-hydrogen) atoms. The number of carbonyl (C=O) groups excluding carboxylic acids is 1. The molecule has 0 amide bonds. The lowest BCUT2D eigenvalue weighted by Crippen LogP contribution is -2.06. The van der Waals surface area contributed by atoms with Crippen LogP contribution in [0.3, 0.4) is 0 Å². The van der Waals surface area contributed by atoms with Gasteiger partial charge in [-0.1, -0.05) is 73.9 Å². The van der Waals surface area contributed by atoms with Crippen LogP contribution in [0.2, 0.25) is 0 Å². The Morgan fingerprint density at radius 2 is 1.69 bits per heavy atom. The normalized spacial score (nSPS) is 10.8. The number of aryl methyl sites for hydroxylation is 1. The van der Waals surface area contributed by atoms with Gasteiger partial charge < -0.3 is 9.47 Å². The minimum absolute atomic E-state index is 0.195. The highest BCUT2D eigenvalue weighted by molar-refractivity contribution is 5.69. The van der Waals surface area contributed by atoms with Crippen molar-refractivity contribution in [2.75, 3.05) is 6.61 Å². The third kappa shape index (κ3) is 6.81. The number of esters is 1. The second kappa shape index (κ2) is 10.7. The average Bonchev–Trinajstić information content (AvgIpc) is 2.69. The molecule has 0 aromatic heterocycles. The first-order valence-corrected chi connectivity index (χ1v) is 8.56. The van der Waals surface area contributed by atoms with Crippen LogP contribution in [0.1, 0.15) is 17.5 Å². The molecule has 134 valence electrons.